The van der Waals surface area contributed by atoms with Crippen LogP contribution in [0.5, 0.6) is 0 Å². The summed E-state index contributed by atoms with van der Waals surface area (Å²) in [5.41, 5.74) is 2.10. The molecule has 0 aliphatic rings. The molecule has 0 amide bonds. The summed E-state index contributed by atoms with van der Waals surface area (Å²) < 4.78 is 22.6. The smallest absolute Gasteiger partial charge is 0.550 e. The van der Waals surface area contributed by atoms with E-state index in [1.807, 2.05) is 60.7 Å². The summed E-state index contributed by atoms with van der Waals surface area (Å²) in [6.07, 6.45) is 30.4. The second-order valence-electron chi connectivity index (χ2n) is 17.4. The molecule has 0 heterocycles. The first-order chi connectivity index (χ1) is 31.2. The molecule has 0 fully saturated rings. The zero-order chi connectivity index (χ0) is 46.6. The zero-order valence-corrected chi connectivity index (χ0v) is 45.2. The Morgan fingerprint density at radius 2 is 0.692 bits per heavy atom. The first-order valence-electron chi connectivity index (χ1n) is 25.2. The third kappa shape index (κ3) is 42.9. The van der Waals surface area contributed by atoms with E-state index in [1.165, 1.54) is 51.4 Å². The van der Waals surface area contributed by atoms with E-state index in [9.17, 15) is 29.4 Å². The Bertz CT molecular complexity index is 1290. The summed E-state index contributed by atoms with van der Waals surface area (Å²) in [6.45, 7) is 5.24. The van der Waals surface area contributed by atoms with Crippen LogP contribution in [0.25, 0.3) is 0 Å². The fourth-order valence-electron chi connectivity index (χ4n) is 7.62. The van der Waals surface area contributed by atoms with Crippen molar-refractivity contribution in [2.24, 2.45) is 0 Å². The van der Waals surface area contributed by atoms with Crippen molar-refractivity contribution in [1.29, 1.82) is 0 Å². The van der Waals surface area contributed by atoms with Crippen LogP contribution in [0.3, 0.4) is 0 Å². The normalized spacial score (nSPS) is 11.7. The van der Waals surface area contributed by atoms with Crippen LogP contribution in [0.15, 0.2) is 60.7 Å². The molecule has 65 heavy (non-hydrogen) atoms. The van der Waals surface area contributed by atoms with E-state index in [2.05, 4.69) is 13.8 Å². The van der Waals surface area contributed by atoms with Gasteiger partial charge in [-0.2, -0.15) is 0 Å². The van der Waals surface area contributed by atoms with Crippen LogP contribution in [0.4, 0.5) is 0 Å². The summed E-state index contributed by atoms with van der Waals surface area (Å²) in [4.78, 5) is 45.4. The molecule has 10 nitrogen and oxygen atoms in total. The Labute approximate surface area is 434 Å². The van der Waals surface area contributed by atoms with Crippen molar-refractivity contribution in [1.82, 2.24) is 0 Å². The quantitative estimate of drug-likeness (QED) is 0.0357. The second-order valence-corrected chi connectivity index (χ2v) is 17.4. The molecule has 2 atom stereocenters. The number of carbonyl (C=O) groups is 4. The second kappa shape index (κ2) is 46.9. The van der Waals surface area contributed by atoms with Gasteiger partial charge in [0.05, 0.1) is 13.2 Å². The molecule has 0 saturated heterocycles. The first kappa shape index (κ1) is 62.8. The predicted molar refractivity (Wildman–Crippen MR) is 258 cm³/mol. The van der Waals surface area contributed by atoms with Gasteiger partial charge in [-0.3, -0.25) is 0 Å². The van der Waals surface area contributed by atoms with Crippen molar-refractivity contribution >= 4 is 72.8 Å². The molecule has 2 unspecified atom stereocenters. The van der Waals surface area contributed by atoms with Gasteiger partial charge in [-0.1, -0.05) is 190 Å². The number of carboxylic acid groups (broad SMARTS) is 2. The molecular formula is C54H86BaO10. The van der Waals surface area contributed by atoms with Gasteiger partial charge in [0, 0.05) is 11.9 Å². The molecule has 364 valence electrons. The fraction of sp³-hybridized carbons (Fsp3) is 0.704. The van der Waals surface area contributed by atoms with Crippen LogP contribution in [-0.2, 0) is 51.3 Å². The number of benzene rings is 2. The number of hydrogen-bond donors (Lipinski definition) is 0. The van der Waals surface area contributed by atoms with Gasteiger partial charge in [-0.05, 0) is 88.2 Å². The number of rotatable bonds is 42. The minimum atomic E-state index is -0.953. The number of hydrogen-bond acceptors (Lipinski definition) is 10. The van der Waals surface area contributed by atoms with Gasteiger partial charge in [0.15, 0.2) is 0 Å². The molecule has 0 radical (unpaired) electrons. The number of unbranched alkanes of at least 4 members (excludes halogenated alkanes) is 20. The molecular weight excluding hydrogens is 946 g/mol. The van der Waals surface area contributed by atoms with Crippen molar-refractivity contribution in [3.8, 4) is 0 Å². The molecule has 0 aromatic heterocycles. The van der Waals surface area contributed by atoms with Crippen molar-refractivity contribution in [3.63, 3.8) is 0 Å². The van der Waals surface area contributed by atoms with E-state index in [0.29, 0.717) is 26.1 Å². The number of aliphatic carboxylic acids is 2. The SMILES string of the molecule is CCCCCCCC(CCCCCCCCCC(=O)[O-])OC(=O)COCc1ccccc1.CCCCCCCC(CCCCCCCCCC(=O)[O-])OC(=O)COCc1ccccc1.[Ba+2]. The van der Waals surface area contributed by atoms with Crippen molar-refractivity contribution < 1.29 is 48.3 Å². The number of ether oxygens (including phenoxy) is 4. The van der Waals surface area contributed by atoms with Crippen molar-refractivity contribution in [2.75, 3.05) is 13.2 Å². The zero-order valence-electron chi connectivity index (χ0n) is 40.8. The molecule has 2 rings (SSSR count). The van der Waals surface area contributed by atoms with Crippen LogP contribution in [-0.4, -0.2) is 98.2 Å². The van der Waals surface area contributed by atoms with Gasteiger partial charge in [-0.25, -0.2) is 9.59 Å². The molecule has 0 aliphatic carbocycles. The van der Waals surface area contributed by atoms with E-state index in [4.69, 9.17) is 18.9 Å². The molecule has 0 N–H and O–H groups in total. The van der Waals surface area contributed by atoms with Gasteiger partial charge >= 0.3 is 60.8 Å². The van der Waals surface area contributed by atoms with Gasteiger partial charge in [0.1, 0.15) is 25.4 Å². The van der Waals surface area contributed by atoms with E-state index in [1.54, 1.807) is 0 Å². The van der Waals surface area contributed by atoms with Crippen LogP contribution in [0.2, 0.25) is 0 Å². The maximum Gasteiger partial charge on any atom is 2.00 e. The van der Waals surface area contributed by atoms with Crippen LogP contribution in [0, 0.1) is 0 Å². The Kier molecular flexibility index (Phi) is 45.3. The summed E-state index contributed by atoms with van der Waals surface area (Å²) in [5, 5.41) is 20.8. The standard InChI is InChI=1S/2C27H44O5.Ba/c2*1-2-3-4-8-14-19-25(20-15-9-6-5-7-10-16-21-26(28)29)32-27(30)23-31-22-24-17-12-11-13-18-24;/h2*11-13,17-18,25H,2-10,14-16,19-23H2,1H3,(H,28,29);/q;;+2/p-2. The van der Waals surface area contributed by atoms with Gasteiger partial charge in [0.2, 0.25) is 0 Å². The summed E-state index contributed by atoms with van der Waals surface area (Å²) >= 11 is 0. The molecule has 0 spiro atoms. The van der Waals surface area contributed by atoms with E-state index < -0.39 is 11.9 Å². The molecule has 2 aromatic carbocycles. The number of carboxylic acids is 2. The van der Waals surface area contributed by atoms with Crippen LogP contribution in [0.1, 0.15) is 218 Å². The van der Waals surface area contributed by atoms with E-state index >= 15 is 0 Å². The first-order valence-corrected chi connectivity index (χ1v) is 25.2. The summed E-state index contributed by atoms with van der Waals surface area (Å²) in [7, 11) is 0. The summed E-state index contributed by atoms with van der Waals surface area (Å²) in [5.74, 6) is -2.45. The molecule has 0 saturated carbocycles. The largest absolute Gasteiger partial charge is 2.00 e. The maximum absolute atomic E-state index is 12.3. The Morgan fingerprint density at radius 3 is 0.985 bits per heavy atom. The van der Waals surface area contributed by atoms with Gasteiger partial charge < -0.3 is 38.7 Å². The Hall–Kier alpha value is -2.19. The minimum Gasteiger partial charge on any atom is -0.550 e. The molecule has 11 heteroatoms. The van der Waals surface area contributed by atoms with Crippen molar-refractivity contribution in [3.05, 3.63) is 71.8 Å². The maximum atomic E-state index is 12.3. The van der Waals surface area contributed by atoms with Crippen LogP contribution >= 0.6 is 0 Å². The van der Waals surface area contributed by atoms with Crippen molar-refractivity contribution in [2.45, 2.75) is 232 Å². The van der Waals surface area contributed by atoms with Gasteiger partial charge in [-0.15, -0.1) is 0 Å². The number of carbonyl (C=O) groups excluding carboxylic acids is 4. The number of esters is 2. The third-order valence-electron chi connectivity index (χ3n) is 11.3. The van der Waals surface area contributed by atoms with E-state index in [0.717, 1.165) is 127 Å². The van der Waals surface area contributed by atoms with E-state index in [-0.39, 0.29) is 99.1 Å². The molecule has 2 aromatic rings. The topological polar surface area (TPSA) is 151 Å². The third-order valence-corrected chi connectivity index (χ3v) is 11.3. The molecule has 0 aliphatic heterocycles. The fourth-order valence-corrected chi connectivity index (χ4v) is 7.62. The van der Waals surface area contributed by atoms with Crippen LogP contribution < -0.4 is 10.2 Å². The average molecular weight is 1030 g/mol. The average Bonchev–Trinajstić information content (AvgIpc) is 3.28. The summed E-state index contributed by atoms with van der Waals surface area (Å²) in [6, 6.07) is 19.7. The van der Waals surface area contributed by atoms with Gasteiger partial charge in [0.25, 0.3) is 0 Å². The Balaban J connectivity index is 0.00000124. The minimum absolute atomic E-state index is 0. The predicted octanol–water partition coefficient (Wildman–Crippen LogP) is 11.1. The Morgan fingerprint density at radius 1 is 0.415 bits per heavy atom. The monoisotopic (exact) mass is 1030 g/mol. The molecule has 0 bridgehead atoms.